The summed E-state index contributed by atoms with van der Waals surface area (Å²) >= 11 is 0. The van der Waals surface area contributed by atoms with E-state index in [0.29, 0.717) is 6.10 Å². The van der Waals surface area contributed by atoms with Crippen LogP contribution in [0.15, 0.2) is 0 Å². The Labute approximate surface area is 67.5 Å². The van der Waals surface area contributed by atoms with Gasteiger partial charge in [0.05, 0.1) is 12.7 Å². The molecule has 0 spiro atoms. The van der Waals surface area contributed by atoms with E-state index in [1.165, 1.54) is 32.5 Å². The zero-order valence-electron chi connectivity index (χ0n) is 6.83. The number of fused-ring (bicyclic) bond motifs is 1. The molecule has 3 rings (SSSR count). The molecule has 0 bridgehead atoms. The summed E-state index contributed by atoms with van der Waals surface area (Å²) in [7, 11) is 0. The molecule has 0 amide bonds. The first-order valence-electron chi connectivity index (χ1n) is 4.76. The van der Waals surface area contributed by atoms with Crippen molar-refractivity contribution in [3.8, 4) is 0 Å². The molecular formula is C9H15NO. The van der Waals surface area contributed by atoms with Crippen molar-refractivity contribution in [1.29, 1.82) is 0 Å². The van der Waals surface area contributed by atoms with Gasteiger partial charge in [-0.1, -0.05) is 0 Å². The third-order valence-corrected chi connectivity index (χ3v) is 3.42. The highest BCUT2D eigenvalue weighted by molar-refractivity contribution is 4.92. The number of epoxide rings is 1. The van der Waals surface area contributed by atoms with Gasteiger partial charge in [-0.2, -0.15) is 0 Å². The lowest BCUT2D eigenvalue weighted by Crippen LogP contribution is -2.25. The van der Waals surface area contributed by atoms with Crippen LogP contribution in [0.4, 0.5) is 0 Å². The molecule has 2 nitrogen and oxygen atoms in total. The molecule has 2 unspecified atom stereocenters. The van der Waals surface area contributed by atoms with Crippen LogP contribution < -0.4 is 0 Å². The minimum Gasteiger partial charge on any atom is -0.372 e. The van der Waals surface area contributed by atoms with Gasteiger partial charge in [-0.15, -0.1) is 0 Å². The Morgan fingerprint density at radius 2 is 1.82 bits per heavy atom. The molecule has 2 heteroatoms. The Bertz CT molecular complexity index is 152. The van der Waals surface area contributed by atoms with Gasteiger partial charge in [0.1, 0.15) is 0 Å². The summed E-state index contributed by atoms with van der Waals surface area (Å²) in [5.41, 5.74) is 0. The Balaban J connectivity index is 1.55. The molecule has 0 aromatic heterocycles. The number of ether oxygens (including phenoxy) is 1. The minimum atomic E-state index is 0.604. The predicted molar refractivity (Wildman–Crippen MR) is 42.4 cm³/mol. The van der Waals surface area contributed by atoms with Crippen LogP contribution in [0, 0.1) is 11.8 Å². The van der Waals surface area contributed by atoms with Crippen LogP contribution in [0.3, 0.4) is 0 Å². The molecule has 2 aliphatic heterocycles. The zero-order chi connectivity index (χ0) is 7.26. The second-order valence-electron chi connectivity index (χ2n) is 4.27. The molecule has 3 atom stereocenters. The minimum absolute atomic E-state index is 0.604. The van der Waals surface area contributed by atoms with Crippen LogP contribution in [0.1, 0.15) is 12.8 Å². The van der Waals surface area contributed by atoms with E-state index in [4.69, 9.17) is 4.74 Å². The lowest BCUT2D eigenvalue weighted by atomic mass is 9.77. The maximum atomic E-state index is 5.22. The van der Waals surface area contributed by atoms with Crippen LogP contribution in [-0.4, -0.2) is 37.2 Å². The molecule has 1 aliphatic carbocycles. The average Bonchev–Trinajstić information content (AvgIpc) is 2.71. The molecule has 0 N–H and O–H groups in total. The highest BCUT2D eigenvalue weighted by Crippen LogP contribution is 2.40. The van der Waals surface area contributed by atoms with Crippen molar-refractivity contribution in [2.75, 3.05) is 26.2 Å². The molecular weight excluding hydrogens is 138 g/mol. The number of hydrogen-bond donors (Lipinski definition) is 0. The topological polar surface area (TPSA) is 15.8 Å². The van der Waals surface area contributed by atoms with Gasteiger partial charge in [-0.05, 0) is 24.7 Å². The maximum absolute atomic E-state index is 5.22. The fourth-order valence-electron chi connectivity index (χ4n) is 2.47. The van der Waals surface area contributed by atoms with E-state index in [0.717, 1.165) is 18.4 Å². The van der Waals surface area contributed by atoms with Crippen molar-refractivity contribution >= 4 is 0 Å². The van der Waals surface area contributed by atoms with Gasteiger partial charge in [0.25, 0.3) is 0 Å². The summed E-state index contributed by atoms with van der Waals surface area (Å²) in [6.07, 6.45) is 3.59. The number of likely N-dealkylation sites (tertiary alicyclic amines) is 1. The fraction of sp³-hybridized carbons (Fsp3) is 1.00. The molecule has 3 fully saturated rings. The normalized spacial score (nSPS) is 48.5. The molecule has 62 valence electrons. The third-order valence-electron chi connectivity index (χ3n) is 3.42. The number of hydrogen-bond acceptors (Lipinski definition) is 2. The first-order valence-corrected chi connectivity index (χ1v) is 4.76. The van der Waals surface area contributed by atoms with E-state index in [1.807, 2.05) is 0 Å². The van der Waals surface area contributed by atoms with E-state index >= 15 is 0 Å². The molecule has 0 aromatic carbocycles. The monoisotopic (exact) mass is 153 g/mol. The van der Waals surface area contributed by atoms with Crippen molar-refractivity contribution in [3.63, 3.8) is 0 Å². The van der Waals surface area contributed by atoms with E-state index in [2.05, 4.69) is 4.90 Å². The van der Waals surface area contributed by atoms with Gasteiger partial charge in [-0.3, -0.25) is 0 Å². The fourth-order valence-corrected chi connectivity index (χ4v) is 2.47. The highest BCUT2D eigenvalue weighted by atomic mass is 16.6. The average molecular weight is 153 g/mol. The zero-order valence-corrected chi connectivity index (χ0v) is 6.83. The van der Waals surface area contributed by atoms with Crippen LogP contribution in [0.5, 0.6) is 0 Å². The van der Waals surface area contributed by atoms with Crippen molar-refractivity contribution in [1.82, 2.24) is 4.90 Å². The largest absolute Gasteiger partial charge is 0.372 e. The van der Waals surface area contributed by atoms with Crippen LogP contribution in [0.2, 0.25) is 0 Å². The molecule has 3 aliphatic rings. The first kappa shape index (κ1) is 6.44. The molecule has 0 aromatic rings. The lowest BCUT2D eigenvalue weighted by molar-refractivity contribution is 0.243. The summed E-state index contributed by atoms with van der Waals surface area (Å²) < 4.78 is 5.22. The van der Waals surface area contributed by atoms with Gasteiger partial charge < -0.3 is 9.64 Å². The maximum Gasteiger partial charge on any atom is 0.0936 e. The van der Waals surface area contributed by atoms with E-state index < -0.39 is 0 Å². The Hall–Kier alpha value is -0.0800. The summed E-state index contributed by atoms with van der Waals surface area (Å²) in [6, 6.07) is 0. The second-order valence-corrected chi connectivity index (χ2v) is 4.27. The van der Waals surface area contributed by atoms with Gasteiger partial charge in [-0.25, -0.2) is 0 Å². The van der Waals surface area contributed by atoms with E-state index in [1.54, 1.807) is 0 Å². The molecule has 2 heterocycles. The molecule has 1 saturated carbocycles. The SMILES string of the molecule is C1CC2CN(C[C@@H]3CO3)CC12. The van der Waals surface area contributed by atoms with Crippen molar-refractivity contribution in [2.45, 2.75) is 18.9 Å². The summed E-state index contributed by atoms with van der Waals surface area (Å²) in [4.78, 5) is 2.60. The van der Waals surface area contributed by atoms with Crippen LogP contribution >= 0.6 is 0 Å². The number of rotatable bonds is 2. The Morgan fingerprint density at radius 3 is 2.27 bits per heavy atom. The van der Waals surface area contributed by atoms with Gasteiger partial charge >= 0.3 is 0 Å². The number of nitrogens with zero attached hydrogens (tertiary/aromatic N) is 1. The first-order chi connectivity index (χ1) is 5.42. The summed E-state index contributed by atoms with van der Waals surface area (Å²) in [5, 5.41) is 0. The summed E-state index contributed by atoms with van der Waals surface area (Å²) in [6.45, 7) is 4.97. The standard InChI is InChI=1S/C9H15NO/c1-2-8-4-10(3-7(1)8)5-9-6-11-9/h7-9H,1-6H2/t7?,8?,9-/m1/s1. The summed E-state index contributed by atoms with van der Waals surface area (Å²) in [5.74, 6) is 2.13. The van der Waals surface area contributed by atoms with Gasteiger partial charge in [0.2, 0.25) is 0 Å². The van der Waals surface area contributed by atoms with Crippen LogP contribution in [-0.2, 0) is 4.74 Å². The van der Waals surface area contributed by atoms with Gasteiger partial charge in [0.15, 0.2) is 0 Å². The second kappa shape index (κ2) is 2.20. The van der Waals surface area contributed by atoms with Gasteiger partial charge in [0, 0.05) is 19.6 Å². The van der Waals surface area contributed by atoms with E-state index in [-0.39, 0.29) is 0 Å². The van der Waals surface area contributed by atoms with Crippen molar-refractivity contribution in [3.05, 3.63) is 0 Å². The molecule has 0 radical (unpaired) electrons. The smallest absolute Gasteiger partial charge is 0.0936 e. The third kappa shape index (κ3) is 1.09. The lowest BCUT2D eigenvalue weighted by Gasteiger charge is -2.28. The van der Waals surface area contributed by atoms with Crippen molar-refractivity contribution < 1.29 is 4.74 Å². The van der Waals surface area contributed by atoms with E-state index in [9.17, 15) is 0 Å². The van der Waals surface area contributed by atoms with Crippen molar-refractivity contribution in [2.24, 2.45) is 11.8 Å². The molecule has 11 heavy (non-hydrogen) atoms. The highest BCUT2D eigenvalue weighted by Gasteiger charge is 2.40. The quantitative estimate of drug-likeness (QED) is 0.543. The predicted octanol–water partition coefficient (Wildman–Crippen LogP) is 0.727. The Kier molecular flexibility index (Phi) is 1.29. The van der Waals surface area contributed by atoms with Crippen LogP contribution in [0.25, 0.3) is 0 Å². The molecule has 2 saturated heterocycles. The Morgan fingerprint density at radius 1 is 1.18 bits per heavy atom.